The third kappa shape index (κ3) is 6.12. The molecule has 0 unspecified atom stereocenters. The molecule has 130 valence electrons. The van der Waals surface area contributed by atoms with Gasteiger partial charge in [0.1, 0.15) is 0 Å². The second-order valence-corrected chi connectivity index (χ2v) is 5.66. The van der Waals surface area contributed by atoms with Crippen LogP contribution in [0.3, 0.4) is 0 Å². The topological polar surface area (TPSA) is 41.1 Å². The van der Waals surface area contributed by atoms with E-state index in [1.807, 2.05) is 0 Å². The molecule has 1 amide bonds. The molecule has 0 aliphatic rings. The van der Waals surface area contributed by atoms with Gasteiger partial charge in [-0.25, -0.2) is 0 Å². The van der Waals surface area contributed by atoms with Gasteiger partial charge in [0.15, 0.2) is 0 Å². The highest BCUT2D eigenvalue weighted by Gasteiger charge is 2.32. The summed E-state index contributed by atoms with van der Waals surface area (Å²) in [6, 6.07) is 2.04. The Kier molecular flexibility index (Phi) is 7.39. The number of carbonyl (C=O) groups excluding carboxylic acids is 1. The Morgan fingerprint density at radius 3 is 2.26 bits per heavy atom. The van der Waals surface area contributed by atoms with Crippen molar-refractivity contribution < 1.29 is 18.0 Å². The summed E-state index contributed by atoms with van der Waals surface area (Å²) in [4.78, 5) is 11.9. The highest BCUT2D eigenvalue weighted by Crippen LogP contribution is 2.35. The standard InChI is InChI=1S/C17H25F3N2O/c1-4-5-6-7-8-9-16(23)22-15-11-13(17(18,19)20)10-14(21-3)12(15)2/h10-11,21H,4-9H2,1-3H3,(H,22,23). The zero-order valence-electron chi connectivity index (χ0n) is 13.9. The van der Waals surface area contributed by atoms with Crippen LogP contribution in [0, 0.1) is 6.92 Å². The molecule has 0 radical (unpaired) electrons. The molecular formula is C17H25F3N2O. The number of alkyl halides is 3. The molecule has 1 rings (SSSR count). The van der Waals surface area contributed by atoms with Crippen LogP contribution in [-0.4, -0.2) is 13.0 Å². The Morgan fingerprint density at radius 1 is 1.09 bits per heavy atom. The van der Waals surface area contributed by atoms with E-state index in [0.29, 0.717) is 17.7 Å². The Bertz CT molecular complexity index is 527. The Morgan fingerprint density at radius 2 is 1.70 bits per heavy atom. The lowest BCUT2D eigenvalue weighted by atomic mass is 10.1. The molecule has 6 heteroatoms. The third-order valence-electron chi connectivity index (χ3n) is 3.79. The van der Waals surface area contributed by atoms with E-state index in [0.717, 1.165) is 44.2 Å². The third-order valence-corrected chi connectivity index (χ3v) is 3.79. The Hall–Kier alpha value is -1.72. The minimum atomic E-state index is -4.45. The first-order chi connectivity index (χ1) is 10.8. The minimum absolute atomic E-state index is 0.211. The van der Waals surface area contributed by atoms with Gasteiger partial charge in [0.05, 0.1) is 5.56 Å². The van der Waals surface area contributed by atoms with Crippen LogP contribution >= 0.6 is 0 Å². The monoisotopic (exact) mass is 330 g/mol. The van der Waals surface area contributed by atoms with E-state index in [-0.39, 0.29) is 11.6 Å². The number of carbonyl (C=O) groups is 1. The fourth-order valence-electron chi connectivity index (χ4n) is 2.37. The molecule has 2 N–H and O–H groups in total. The molecule has 1 aromatic carbocycles. The number of hydrogen-bond donors (Lipinski definition) is 2. The van der Waals surface area contributed by atoms with Crippen molar-refractivity contribution in [3.8, 4) is 0 Å². The number of benzene rings is 1. The summed E-state index contributed by atoms with van der Waals surface area (Å²) in [5.74, 6) is -0.244. The number of halogens is 3. The van der Waals surface area contributed by atoms with Gasteiger partial charge in [-0.3, -0.25) is 4.79 Å². The summed E-state index contributed by atoms with van der Waals surface area (Å²) in [6.45, 7) is 3.80. The van der Waals surface area contributed by atoms with Crippen molar-refractivity contribution >= 4 is 17.3 Å². The van der Waals surface area contributed by atoms with Crippen LogP contribution < -0.4 is 10.6 Å². The molecule has 0 saturated heterocycles. The maximum Gasteiger partial charge on any atom is 0.416 e. The number of amides is 1. The van der Waals surface area contributed by atoms with Crippen LogP contribution in [0.1, 0.15) is 56.6 Å². The highest BCUT2D eigenvalue weighted by molar-refractivity contribution is 5.92. The molecule has 0 aromatic heterocycles. The van der Waals surface area contributed by atoms with E-state index in [1.165, 1.54) is 0 Å². The summed E-state index contributed by atoms with van der Waals surface area (Å²) >= 11 is 0. The number of unbranched alkanes of at least 4 members (excludes halogenated alkanes) is 4. The average molecular weight is 330 g/mol. The molecule has 0 atom stereocenters. The molecule has 23 heavy (non-hydrogen) atoms. The molecule has 0 spiro atoms. The number of rotatable bonds is 8. The Labute approximate surface area is 135 Å². The maximum absolute atomic E-state index is 12.9. The van der Waals surface area contributed by atoms with Crippen LogP contribution in [0.15, 0.2) is 12.1 Å². The van der Waals surface area contributed by atoms with Crippen molar-refractivity contribution in [1.29, 1.82) is 0 Å². The first-order valence-corrected chi connectivity index (χ1v) is 7.99. The fraction of sp³-hybridized carbons (Fsp3) is 0.588. The van der Waals surface area contributed by atoms with Crippen LogP contribution in [-0.2, 0) is 11.0 Å². The second-order valence-electron chi connectivity index (χ2n) is 5.66. The molecule has 0 fully saturated rings. The second kappa shape index (κ2) is 8.79. The molecule has 3 nitrogen and oxygen atoms in total. The van der Waals surface area contributed by atoms with E-state index >= 15 is 0 Å². The molecule has 0 saturated carbocycles. The van der Waals surface area contributed by atoms with Gasteiger partial charge in [-0.2, -0.15) is 13.2 Å². The highest BCUT2D eigenvalue weighted by atomic mass is 19.4. The fourth-order valence-corrected chi connectivity index (χ4v) is 2.37. The summed E-state index contributed by atoms with van der Waals surface area (Å²) in [7, 11) is 1.56. The van der Waals surface area contributed by atoms with Crippen LogP contribution in [0.2, 0.25) is 0 Å². The van der Waals surface area contributed by atoms with Crippen molar-refractivity contribution in [2.75, 3.05) is 17.7 Å². The molecule has 0 bridgehead atoms. The lowest BCUT2D eigenvalue weighted by molar-refractivity contribution is -0.137. The van der Waals surface area contributed by atoms with Crippen LogP contribution in [0.25, 0.3) is 0 Å². The van der Waals surface area contributed by atoms with Crippen molar-refractivity contribution in [2.45, 2.75) is 58.5 Å². The summed E-state index contributed by atoms with van der Waals surface area (Å²) < 4.78 is 38.8. The first kappa shape index (κ1) is 19.3. The van der Waals surface area contributed by atoms with Crippen LogP contribution in [0.5, 0.6) is 0 Å². The first-order valence-electron chi connectivity index (χ1n) is 7.99. The van der Waals surface area contributed by atoms with E-state index in [9.17, 15) is 18.0 Å². The van der Waals surface area contributed by atoms with Crippen LogP contribution in [0.4, 0.5) is 24.5 Å². The molecular weight excluding hydrogens is 305 g/mol. The van der Waals surface area contributed by atoms with Gasteiger partial charge in [-0.05, 0) is 31.0 Å². The predicted octanol–water partition coefficient (Wildman–Crippen LogP) is 5.35. The Balaban J connectivity index is 2.76. The smallest absolute Gasteiger partial charge is 0.388 e. The molecule has 0 heterocycles. The number of hydrogen-bond acceptors (Lipinski definition) is 2. The van der Waals surface area contributed by atoms with Crippen molar-refractivity contribution in [3.05, 3.63) is 23.3 Å². The van der Waals surface area contributed by atoms with E-state index in [2.05, 4.69) is 17.6 Å². The van der Waals surface area contributed by atoms with Gasteiger partial charge in [-0.1, -0.05) is 32.6 Å². The van der Waals surface area contributed by atoms with E-state index in [4.69, 9.17) is 0 Å². The zero-order chi connectivity index (χ0) is 17.5. The SMILES string of the molecule is CCCCCCCC(=O)Nc1cc(C(F)(F)F)cc(NC)c1C. The summed E-state index contributed by atoms with van der Waals surface area (Å²) in [5.41, 5.74) is 0.395. The minimum Gasteiger partial charge on any atom is -0.388 e. The van der Waals surface area contributed by atoms with Gasteiger partial charge < -0.3 is 10.6 Å². The average Bonchev–Trinajstić information content (AvgIpc) is 2.48. The number of nitrogens with one attached hydrogen (secondary N) is 2. The maximum atomic E-state index is 12.9. The van der Waals surface area contributed by atoms with Gasteiger partial charge in [0.25, 0.3) is 0 Å². The van der Waals surface area contributed by atoms with E-state index < -0.39 is 11.7 Å². The largest absolute Gasteiger partial charge is 0.416 e. The molecule has 0 aliphatic heterocycles. The van der Waals surface area contributed by atoms with Crippen molar-refractivity contribution in [1.82, 2.24) is 0 Å². The van der Waals surface area contributed by atoms with Gasteiger partial charge in [0, 0.05) is 24.8 Å². The summed E-state index contributed by atoms with van der Waals surface area (Å²) in [6.07, 6.45) is 0.944. The van der Waals surface area contributed by atoms with E-state index in [1.54, 1.807) is 14.0 Å². The van der Waals surface area contributed by atoms with Gasteiger partial charge >= 0.3 is 6.18 Å². The lowest BCUT2D eigenvalue weighted by Gasteiger charge is -2.16. The molecule has 0 aliphatic carbocycles. The van der Waals surface area contributed by atoms with Gasteiger partial charge in [0.2, 0.25) is 5.91 Å². The van der Waals surface area contributed by atoms with Crippen molar-refractivity contribution in [3.63, 3.8) is 0 Å². The number of anilines is 2. The normalized spacial score (nSPS) is 11.4. The summed E-state index contributed by atoms with van der Waals surface area (Å²) in [5, 5.41) is 5.35. The predicted molar refractivity (Wildman–Crippen MR) is 87.7 cm³/mol. The lowest BCUT2D eigenvalue weighted by Crippen LogP contribution is -2.15. The molecule has 1 aromatic rings. The van der Waals surface area contributed by atoms with Gasteiger partial charge in [-0.15, -0.1) is 0 Å². The quantitative estimate of drug-likeness (QED) is 0.630. The zero-order valence-corrected chi connectivity index (χ0v) is 13.9. The van der Waals surface area contributed by atoms with Crippen molar-refractivity contribution in [2.24, 2.45) is 0 Å².